The molecule has 0 fully saturated rings. The number of carbonyl (C=O) groups excluding carboxylic acids is 1. The third-order valence-corrected chi connectivity index (χ3v) is 4.21. The molecule has 140 valence electrons. The van der Waals surface area contributed by atoms with Gasteiger partial charge in [0.1, 0.15) is 12.4 Å². The van der Waals surface area contributed by atoms with Crippen molar-refractivity contribution in [3.63, 3.8) is 0 Å². The van der Waals surface area contributed by atoms with Crippen molar-refractivity contribution in [2.45, 2.75) is 27.7 Å². The zero-order chi connectivity index (χ0) is 19.4. The van der Waals surface area contributed by atoms with Crippen LogP contribution in [0.5, 0.6) is 5.75 Å². The summed E-state index contributed by atoms with van der Waals surface area (Å²) in [5.41, 5.74) is 5.15. The number of aryl methyl sites for hydroxylation is 4. The topological polar surface area (TPSA) is 69.0 Å². The second kappa shape index (κ2) is 8.03. The summed E-state index contributed by atoms with van der Waals surface area (Å²) in [6.07, 6.45) is 0. The van der Waals surface area contributed by atoms with E-state index in [0.29, 0.717) is 24.5 Å². The molecule has 0 unspecified atom stereocenters. The van der Waals surface area contributed by atoms with Gasteiger partial charge in [-0.2, -0.15) is 9.90 Å². The number of hydrogen-bond donors (Lipinski definition) is 1. The molecule has 0 atom stereocenters. The Labute approximate surface area is 159 Å². The van der Waals surface area contributed by atoms with Gasteiger partial charge < -0.3 is 10.1 Å². The monoisotopic (exact) mass is 364 g/mol. The maximum Gasteiger partial charge on any atom is 0.273 e. The standard InChI is InChI=1S/C21H24N4O2/c1-14-6-5-7-18(13-14)27-11-10-22-21(26)20-17(4)23-25(24-20)19-9-8-15(2)12-16(19)3/h5-9,12-13H,10-11H2,1-4H3,(H,22,26). The lowest BCUT2D eigenvalue weighted by Gasteiger charge is -2.07. The molecule has 0 spiro atoms. The van der Waals surface area contributed by atoms with Gasteiger partial charge in [-0.1, -0.05) is 29.8 Å². The highest BCUT2D eigenvalue weighted by molar-refractivity contribution is 5.93. The molecule has 1 aromatic heterocycles. The number of ether oxygens (including phenoxy) is 1. The summed E-state index contributed by atoms with van der Waals surface area (Å²) in [6, 6.07) is 13.8. The third kappa shape index (κ3) is 4.53. The highest BCUT2D eigenvalue weighted by Gasteiger charge is 2.16. The van der Waals surface area contributed by atoms with E-state index < -0.39 is 0 Å². The number of aromatic nitrogens is 3. The zero-order valence-electron chi connectivity index (χ0n) is 16.1. The van der Waals surface area contributed by atoms with Crippen LogP contribution in [0.4, 0.5) is 0 Å². The molecule has 6 nitrogen and oxygen atoms in total. The minimum Gasteiger partial charge on any atom is -0.492 e. The molecule has 0 aliphatic heterocycles. The summed E-state index contributed by atoms with van der Waals surface area (Å²) in [6.45, 7) is 8.61. The van der Waals surface area contributed by atoms with Crippen molar-refractivity contribution in [1.82, 2.24) is 20.3 Å². The number of rotatable bonds is 6. The van der Waals surface area contributed by atoms with Gasteiger partial charge in [-0.05, 0) is 57.0 Å². The molecule has 0 saturated carbocycles. The van der Waals surface area contributed by atoms with E-state index >= 15 is 0 Å². The second-order valence-corrected chi connectivity index (χ2v) is 6.63. The fraction of sp³-hybridized carbons (Fsp3) is 0.286. The SMILES string of the molecule is Cc1cccc(OCCNC(=O)c2nn(-c3ccc(C)cc3C)nc2C)c1. The van der Waals surface area contributed by atoms with Crippen molar-refractivity contribution in [2.24, 2.45) is 0 Å². The molecule has 3 rings (SSSR count). The quantitative estimate of drug-likeness (QED) is 0.682. The van der Waals surface area contributed by atoms with Gasteiger partial charge >= 0.3 is 0 Å². The molecule has 0 saturated heterocycles. The molecule has 0 radical (unpaired) electrons. The van der Waals surface area contributed by atoms with Crippen LogP contribution in [0, 0.1) is 27.7 Å². The Morgan fingerprint density at radius 3 is 2.56 bits per heavy atom. The van der Waals surface area contributed by atoms with Crippen LogP contribution in [-0.2, 0) is 0 Å². The molecule has 0 aliphatic carbocycles. The zero-order valence-corrected chi connectivity index (χ0v) is 16.1. The molecule has 1 N–H and O–H groups in total. The van der Waals surface area contributed by atoms with Crippen LogP contribution < -0.4 is 10.1 Å². The lowest BCUT2D eigenvalue weighted by atomic mass is 10.1. The van der Waals surface area contributed by atoms with Crippen LogP contribution in [0.25, 0.3) is 5.69 Å². The normalized spacial score (nSPS) is 10.7. The number of amides is 1. The maximum atomic E-state index is 12.4. The summed E-state index contributed by atoms with van der Waals surface area (Å²) in [5.74, 6) is 0.539. The minimum atomic E-state index is -0.253. The Kier molecular flexibility index (Phi) is 5.54. The molecule has 0 aliphatic rings. The van der Waals surface area contributed by atoms with Gasteiger partial charge in [0, 0.05) is 0 Å². The van der Waals surface area contributed by atoms with E-state index in [-0.39, 0.29) is 5.91 Å². The van der Waals surface area contributed by atoms with Crippen molar-refractivity contribution < 1.29 is 9.53 Å². The Hall–Kier alpha value is -3.15. The summed E-state index contributed by atoms with van der Waals surface area (Å²) in [5, 5.41) is 11.6. The molecule has 0 bridgehead atoms. The first-order valence-electron chi connectivity index (χ1n) is 8.93. The van der Waals surface area contributed by atoms with Crippen LogP contribution in [-0.4, -0.2) is 34.1 Å². The number of hydrogen-bond acceptors (Lipinski definition) is 4. The highest BCUT2D eigenvalue weighted by atomic mass is 16.5. The lowest BCUT2D eigenvalue weighted by Crippen LogP contribution is -2.29. The van der Waals surface area contributed by atoms with Crippen molar-refractivity contribution >= 4 is 5.91 Å². The highest BCUT2D eigenvalue weighted by Crippen LogP contribution is 2.15. The first kappa shape index (κ1) is 18.6. The third-order valence-electron chi connectivity index (χ3n) is 4.21. The summed E-state index contributed by atoms with van der Waals surface area (Å²) < 4.78 is 5.65. The molecular formula is C21H24N4O2. The molecule has 1 heterocycles. The van der Waals surface area contributed by atoms with Crippen LogP contribution in [0.3, 0.4) is 0 Å². The van der Waals surface area contributed by atoms with Gasteiger partial charge in [0.15, 0.2) is 5.69 Å². The fourth-order valence-electron chi connectivity index (χ4n) is 2.85. The maximum absolute atomic E-state index is 12.4. The van der Waals surface area contributed by atoms with Gasteiger partial charge in [-0.25, -0.2) is 0 Å². The molecule has 2 aromatic carbocycles. The van der Waals surface area contributed by atoms with Crippen LogP contribution in [0.15, 0.2) is 42.5 Å². The Balaban J connectivity index is 1.61. The van der Waals surface area contributed by atoms with Gasteiger partial charge in [0.2, 0.25) is 0 Å². The van der Waals surface area contributed by atoms with Gasteiger partial charge in [-0.15, -0.1) is 5.10 Å². The van der Waals surface area contributed by atoms with Crippen LogP contribution >= 0.6 is 0 Å². The molecule has 1 amide bonds. The molecular weight excluding hydrogens is 340 g/mol. The van der Waals surface area contributed by atoms with Crippen molar-refractivity contribution in [3.05, 3.63) is 70.5 Å². The van der Waals surface area contributed by atoms with Crippen LogP contribution in [0.2, 0.25) is 0 Å². The summed E-state index contributed by atoms with van der Waals surface area (Å²) in [4.78, 5) is 13.9. The Morgan fingerprint density at radius 1 is 1.04 bits per heavy atom. The van der Waals surface area contributed by atoms with E-state index in [4.69, 9.17) is 4.74 Å². The molecule has 6 heteroatoms. The van der Waals surface area contributed by atoms with E-state index in [2.05, 4.69) is 21.6 Å². The van der Waals surface area contributed by atoms with E-state index in [1.807, 2.05) is 57.2 Å². The van der Waals surface area contributed by atoms with E-state index in [1.165, 1.54) is 10.4 Å². The average Bonchev–Trinajstić information content (AvgIpc) is 3.00. The van der Waals surface area contributed by atoms with E-state index in [1.54, 1.807) is 6.92 Å². The van der Waals surface area contributed by atoms with Crippen LogP contribution in [0.1, 0.15) is 32.9 Å². The lowest BCUT2D eigenvalue weighted by molar-refractivity contribution is 0.0941. The first-order chi connectivity index (χ1) is 12.9. The second-order valence-electron chi connectivity index (χ2n) is 6.63. The fourth-order valence-corrected chi connectivity index (χ4v) is 2.85. The number of nitrogens with one attached hydrogen (secondary N) is 1. The van der Waals surface area contributed by atoms with E-state index in [9.17, 15) is 4.79 Å². The number of carbonyl (C=O) groups is 1. The largest absolute Gasteiger partial charge is 0.492 e. The number of nitrogens with zero attached hydrogens (tertiary/aromatic N) is 3. The minimum absolute atomic E-state index is 0.253. The number of benzene rings is 2. The molecule has 3 aromatic rings. The average molecular weight is 364 g/mol. The van der Waals surface area contributed by atoms with Gasteiger partial charge in [-0.3, -0.25) is 4.79 Å². The van der Waals surface area contributed by atoms with Gasteiger partial charge in [0.25, 0.3) is 5.91 Å². The predicted octanol–water partition coefficient (Wildman–Crippen LogP) is 3.31. The molecule has 27 heavy (non-hydrogen) atoms. The van der Waals surface area contributed by atoms with Gasteiger partial charge in [0.05, 0.1) is 17.9 Å². The predicted molar refractivity (Wildman–Crippen MR) is 105 cm³/mol. The van der Waals surface area contributed by atoms with Crippen molar-refractivity contribution in [1.29, 1.82) is 0 Å². The summed E-state index contributed by atoms with van der Waals surface area (Å²) in [7, 11) is 0. The van der Waals surface area contributed by atoms with Crippen molar-refractivity contribution in [2.75, 3.05) is 13.2 Å². The smallest absolute Gasteiger partial charge is 0.273 e. The first-order valence-corrected chi connectivity index (χ1v) is 8.93. The Morgan fingerprint density at radius 2 is 1.81 bits per heavy atom. The van der Waals surface area contributed by atoms with Crippen molar-refractivity contribution in [3.8, 4) is 11.4 Å². The summed E-state index contributed by atoms with van der Waals surface area (Å²) >= 11 is 0. The Bertz CT molecular complexity index is 963. The van der Waals surface area contributed by atoms with E-state index in [0.717, 1.165) is 22.6 Å².